The van der Waals surface area contributed by atoms with Crippen LogP contribution in [0.5, 0.6) is 0 Å². The highest BCUT2D eigenvalue weighted by Gasteiger charge is 2.11. The number of amides is 1. The number of anilines is 1. The fraction of sp³-hybridized carbons (Fsp3) is 0.176. The molecule has 0 heterocycles. The van der Waals surface area contributed by atoms with Crippen LogP contribution in [0.2, 0.25) is 10.0 Å². The van der Waals surface area contributed by atoms with E-state index < -0.39 is 18.5 Å². The summed E-state index contributed by atoms with van der Waals surface area (Å²) in [6, 6.07) is 9.89. The molecule has 0 aliphatic heterocycles. The second-order valence-corrected chi connectivity index (χ2v) is 5.95. The summed E-state index contributed by atoms with van der Waals surface area (Å²) < 4.78 is 5.00. The Bertz CT molecular complexity index is 739. The zero-order chi connectivity index (χ0) is 17.0. The zero-order valence-corrected chi connectivity index (χ0v) is 14.2. The summed E-state index contributed by atoms with van der Waals surface area (Å²) in [6.07, 6.45) is 0. The third-order valence-corrected chi connectivity index (χ3v) is 3.66. The Morgan fingerprint density at radius 1 is 1.00 bits per heavy atom. The summed E-state index contributed by atoms with van der Waals surface area (Å²) in [6.45, 7) is 3.46. The molecular formula is C17H15Cl2NO3. The van der Waals surface area contributed by atoms with E-state index in [1.165, 1.54) is 0 Å². The summed E-state index contributed by atoms with van der Waals surface area (Å²) >= 11 is 11.7. The SMILES string of the molecule is Cc1ccc(C(=O)OCC(=O)Nc2cc(Cl)cc(Cl)c2)cc1C. The monoisotopic (exact) mass is 351 g/mol. The van der Waals surface area contributed by atoms with Crippen molar-refractivity contribution in [1.82, 2.24) is 0 Å². The summed E-state index contributed by atoms with van der Waals surface area (Å²) in [7, 11) is 0. The molecule has 0 aromatic heterocycles. The maximum absolute atomic E-state index is 11.9. The molecule has 0 aliphatic carbocycles. The summed E-state index contributed by atoms with van der Waals surface area (Å²) in [5.41, 5.74) is 2.91. The molecule has 2 aromatic carbocycles. The van der Waals surface area contributed by atoms with Crippen LogP contribution in [0, 0.1) is 13.8 Å². The van der Waals surface area contributed by atoms with E-state index in [9.17, 15) is 9.59 Å². The van der Waals surface area contributed by atoms with Crippen LogP contribution >= 0.6 is 23.2 Å². The average molecular weight is 352 g/mol. The van der Waals surface area contributed by atoms with Crippen LogP contribution in [0.15, 0.2) is 36.4 Å². The van der Waals surface area contributed by atoms with Gasteiger partial charge in [0, 0.05) is 15.7 Å². The first-order valence-electron chi connectivity index (χ1n) is 6.85. The molecule has 0 atom stereocenters. The second-order valence-electron chi connectivity index (χ2n) is 5.08. The van der Waals surface area contributed by atoms with E-state index in [-0.39, 0.29) is 0 Å². The number of nitrogens with one attached hydrogen (secondary N) is 1. The standard InChI is InChI=1S/C17H15Cl2NO3/c1-10-3-4-12(5-11(10)2)17(22)23-9-16(21)20-15-7-13(18)6-14(19)8-15/h3-8H,9H2,1-2H3,(H,20,21). The largest absolute Gasteiger partial charge is 0.452 e. The Balaban J connectivity index is 1.93. The molecule has 2 aromatic rings. The van der Waals surface area contributed by atoms with Crippen molar-refractivity contribution in [3.8, 4) is 0 Å². The zero-order valence-electron chi connectivity index (χ0n) is 12.7. The van der Waals surface area contributed by atoms with Gasteiger partial charge in [-0.15, -0.1) is 0 Å². The first-order chi connectivity index (χ1) is 10.8. The summed E-state index contributed by atoms with van der Waals surface area (Å²) in [5, 5.41) is 3.37. The number of carbonyl (C=O) groups excluding carboxylic acids is 2. The van der Waals surface area contributed by atoms with Gasteiger partial charge in [0.05, 0.1) is 5.56 Å². The molecular weight excluding hydrogens is 337 g/mol. The van der Waals surface area contributed by atoms with Crippen LogP contribution in [0.3, 0.4) is 0 Å². The fourth-order valence-corrected chi connectivity index (χ4v) is 2.43. The first-order valence-corrected chi connectivity index (χ1v) is 7.61. The minimum atomic E-state index is -0.549. The molecule has 1 amide bonds. The van der Waals surface area contributed by atoms with Gasteiger partial charge in [0.2, 0.25) is 0 Å². The smallest absolute Gasteiger partial charge is 0.338 e. The number of rotatable bonds is 4. The van der Waals surface area contributed by atoms with Crippen LogP contribution in [-0.2, 0) is 9.53 Å². The van der Waals surface area contributed by atoms with Crippen LogP contribution in [0.1, 0.15) is 21.5 Å². The van der Waals surface area contributed by atoms with Crippen molar-refractivity contribution in [3.63, 3.8) is 0 Å². The molecule has 0 radical (unpaired) electrons. The third kappa shape index (κ3) is 4.98. The molecule has 120 valence electrons. The Morgan fingerprint density at radius 3 is 2.26 bits per heavy atom. The van der Waals surface area contributed by atoms with Crippen molar-refractivity contribution in [2.45, 2.75) is 13.8 Å². The highest BCUT2D eigenvalue weighted by molar-refractivity contribution is 6.35. The third-order valence-electron chi connectivity index (χ3n) is 3.22. The lowest BCUT2D eigenvalue weighted by molar-refractivity contribution is -0.119. The second kappa shape index (κ2) is 7.49. The van der Waals surface area contributed by atoms with Crippen molar-refractivity contribution >= 4 is 40.8 Å². The van der Waals surface area contributed by atoms with Gasteiger partial charge >= 0.3 is 5.97 Å². The van der Waals surface area contributed by atoms with Gasteiger partial charge in [-0.3, -0.25) is 4.79 Å². The van der Waals surface area contributed by atoms with Gasteiger partial charge in [-0.1, -0.05) is 29.3 Å². The van der Waals surface area contributed by atoms with E-state index in [0.29, 0.717) is 21.3 Å². The lowest BCUT2D eigenvalue weighted by Crippen LogP contribution is -2.21. The molecule has 0 aliphatic rings. The van der Waals surface area contributed by atoms with Crippen molar-refractivity contribution in [2.75, 3.05) is 11.9 Å². The number of aryl methyl sites for hydroxylation is 2. The minimum Gasteiger partial charge on any atom is -0.452 e. The Kier molecular flexibility index (Phi) is 5.64. The van der Waals surface area contributed by atoms with Gasteiger partial charge in [-0.2, -0.15) is 0 Å². The molecule has 0 saturated carbocycles. The average Bonchev–Trinajstić information content (AvgIpc) is 2.46. The van der Waals surface area contributed by atoms with Crippen LogP contribution < -0.4 is 5.32 Å². The van der Waals surface area contributed by atoms with E-state index in [2.05, 4.69) is 5.32 Å². The van der Waals surface area contributed by atoms with E-state index >= 15 is 0 Å². The number of esters is 1. The van der Waals surface area contributed by atoms with E-state index in [0.717, 1.165) is 11.1 Å². The number of ether oxygens (including phenoxy) is 1. The number of hydrogen-bond acceptors (Lipinski definition) is 3. The molecule has 0 fully saturated rings. The molecule has 0 saturated heterocycles. The quantitative estimate of drug-likeness (QED) is 0.830. The normalized spacial score (nSPS) is 10.3. The summed E-state index contributed by atoms with van der Waals surface area (Å²) in [4.78, 5) is 23.7. The molecule has 6 heteroatoms. The van der Waals surface area contributed by atoms with Gasteiger partial charge in [-0.25, -0.2) is 4.79 Å². The molecule has 1 N–H and O–H groups in total. The van der Waals surface area contributed by atoms with E-state index in [1.807, 2.05) is 19.9 Å². The van der Waals surface area contributed by atoms with Crippen LogP contribution in [-0.4, -0.2) is 18.5 Å². The molecule has 2 rings (SSSR count). The molecule has 4 nitrogen and oxygen atoms in total. The van der Waals surface area contributed by atoms with E-state index in [4.69, 9.17) is 27.9 Å². The Hall–Kier alpha value is -2.04. The van der Waals surface area contributed by atoms with Gasteiger partial charge in [0.15, 0.2) is 6.61 Å². The highest BCUT2D eigenvalue weighted by atomic mass is 35.5. The van der Waals surface area contributed by atoms with Gasteiger partial charge < -0.3 is 10.1 Å². The highest BCUT2D eigenvalue weighted by Crippen LogP contribution is 2.22. The van der Waals surface area contributed by atoms with E-state index in [1.54, 1.807) is 30.3 Å². The van der Waals surface area contributed by atoms with Crippen molar-refractivity contribution in [2.24, 2.45) is 0 Å². The predicted molar refractivity (Wildman–Crippen MR) is 91.3 cm³/mol. The van der Waals surface area contributed by atoms with Crippen LogP contribution in [0.25, 0.3) is 0 Å². The lowest BCUT2D eigenvalue weighted by atomic mass is 10.1. The maximum atomic E-state index is 11.9. The first kappa shape index (κ1) is 17.3. The van der Waals surface area contributed by atoms with Gasteiger partial charge in [0.1, 0.15) is 0 Å². The maximum Gasteiger partial charge on any atom is 0.338 e. The summed E-state index contributed by atoms with van der Waals surface area (Å²) in [5.74, 6) is -1.02. The Morgan fingerprint density at radius 2 is 1.65 bits per heavy atom. The molecule has 23 heavy (non-hydrogen) atoms. The minimum absolute atomic E-state index is 0.393. The van der Waals surface area contributed by atoms with Crippen molar-refractivity contribution in [1.29, 1.82) is 0 Å². The van der Waals surface area contributed by atoms with Crippen LogP contribution in [0.4, 0.5) is 5.69 Å². The van der Waals surface area contributed by atoms with Crippen molar-refractivity contribution < 1.29 is 14.3 Å². The molecule has 0 spiro atoms. The predicted octanol–water partition coefficient (Wildman–Crippen LogP) is 4.41. The van der Waals surface area contributed by atoms with Crippen molar-refractivity contribution in [3.05, 3.63) is 63.1 Å². The topological polar surface area (TPSA) is 55.4 Å². The van der Waals surface area contributed by atoms with Gasteiger partial charge in [-0.05, 0) is 55.3 Å². The number of benzene rings is 2. The molecule has 0 unspecified atom stereocenters. The lowest BCUT2D eigenvalue weighted by Gasteiger charge is -2.08. The fourth-order valence-electron chi connectivity index (χ4n) is 1.91. The number of carbonyl (C=O) groups is 2. The number of halogens is 2. The molecule has 0 bridgehead atoms. The van der Waals surface area contributed by atoms with Gasteiger partial charge in [0.25, 0.3) is 5.91 Å². The Labute approximate surface area is 144 Å². The number of hydrogen-bond donors (Lipinski definition) is 1.